The van der Waals surface area contributed by atoms with E-state index in [1.54, 1.807) is 0 Å². The van der Waals surface area contributed by atoms with Crippen molar-refractivity contribution >= 4 is 43.9 Å². The number of benzene rings is 8. The van der Waals surface area contributed by atoms with Crippen molar-refractivity contribution in [2.45, 2.75) is 0 Å². The minimum atomic E-state index is 0.569. The summed E-state index contributed by atoms with van der Waals surface area (Å²) >= 11 is 0. The van der Waals surface area contributed by atoms with Crippen molar-refractivity contribution in [1.29, 1.82) is 0 Å². The second kappa shape index (κ2) is 13.0. The number of fused-ring (bicyclic) bond motifs is 6. The van der Waals surface area contributed by atoms with Crippen LogP contribution in [0.25, 0.3) is 111 Å². The van der Waals surface area contributed by atoms with Crippen LogP contribution in [0.1, 0.15) is 0 Å². The highest BCUT2D eigenvalue weighted by Gasteiger charge is 2.21. The third-order valence-corrected chi connectivity index (χ3v) is 10.5. The maximum Gasteiger partial charge on any atom is 0.164 e. The van der Waals surface area contributed by atoms with Gasteiger partial charge in [0.25, 0.3) is 0 Å². The number of nitrogens with zero attached hydrogens (tertiary/aromatic N) is 3. The van der Waals surface area contributed by atoms with Crippen molar-refractivity contribution in [3.05, 3.63) is 188 Å². The van der Waals surface area contributed by atoms with E-state index in [1.165, 1.54) is 0 Å². The third kappa shape index (κ3) is 5.45. The van der Waals surface area contributed by atoms with Crippen LogP contribution in [-0.4, -0.2) is 15.0 Å². The van der Waals surface area contributed by atoms with Crippen LogP contribution in [0.2, 0.25) is 0 Å². The molecule has 56 heavy (non-hydrogen) atoms. The highest BCUT2D eigenvalue weighted by molar-refractivity contribution is 6.16. The summed E-state index contributed by atoms with van der Waals surface area (Å²) in [5.74, 6) is 1.75. The van der Waals surface area contributed by atoms with Crippen LogP contribution in [-0.2, 0) is 0 Å². The quantitative estimate of drug-likeness (QED) is 0.171. The summed E-state index contributed by atoms with van der Waals surface area (Å²) in [7, 11) is 0. The minimum Gasteiger partial charge on any atom is -0.456 e. The summed E-state index contributed by atoms with van der Waals surface area (Å²) < 4.78 is 12.9. The van der Waals surface area contributed by atoms with E-state index < -0.39 is 0 Å². The summed E-state index contributed by atoms with van der Waals surface area (Å²) in [6, 6.07) is 64.5. The number of para-hydroxylation sites is 2. The summed E-state index contributed by atoms with van der Waals surface area (Å²) in [4.78, 5) is 15.6. The molecule has 0 radical (unpaired) electrons. The molecular formula is C51H31N3O2. The zero-order chi connectivity index (χ0) is 37.0. The Morgan fingerprint density at radius 1 is 0.286 bits per heavy atom. The lowest BCUT2D eigenvalue weighted by molar-refractivity contribution is 0.668. The molecule has 262 valence electrons. The Bertz CT molecular complexity index is 3150. The van der Waals surface area contributed by atoms with Gasteiger partial charge in [-0.25, -0.2) is 15.0 Å². The van der Waals surface area contributed by atoms with E-state index in [4.69, 9.17) is 23.8 Å². The average Bonchev–Trinajstić information content (AvgIpc) is 3.85. The van der Waals surface area contributed by atoms with Crippen molar-refractivity contribution in [1.82, 2.24) is 15.0 Å². The summed E-state index contributed by atoms with van der Waals surface area (Å²) in [6.45, 7) is 0. The Labute approximate surface area is 322 Å². The summed E-state index contributed by atoms with van der Waals surface area (Å²) in [6.07, 6.45) is 0. The second-order valence-corrected chi connectivity index (χ2v) is 14.0. The van der Waals surface area contributed by atoms with Gasteiger partial charge in [-0.3, -0.25) is 0 Å². The first-order valence-corrected chi connectivity index (χ1v) is 18.7. The van der Waals surface area contributed by atoms with Crippen LogP contribution < -0.4 is 0 Å². The van der Waals surface area contributed by atoms with E-state index in [2.05, 4.69) is 133 Å². The largest absolute Gasteiger partial charge is 0.456 e. The molecule has 0 spiro atoms. The van der Waals surface area contributed by atoms with E-state index in [0.29, 0.717) is 17.5 Å². The Hall–Kier alpha value is -7.63. The molecule has 0 aliphatic carbocycles. The monoisotopic (exact) mass is 717 g/mol. The van der Waals surface area contributed by atoms with Crippen LogP contribution in [0.4, 0.5) is 0 Å². The van der Waals surface area contributed by atoms with E-state index in [9.17, 15) is 0 Å². The Morgan fingerprint density at radius 3 is 1.45 bits per heavy atom. The third-order valence-electron chi connectivity index (χ3n) is 10.5. The van der Waals surface area contributed by atoms with Gasteiger partial charge in [-0.15, -0.1) is 0 Å². The molecule has 8 aromatic carbocycles. The first-order chi connectivity index (χ1) is 27.7. The molecule has 0 bridgehead atoms. The fourth-order valence-electron chi connectivity index (χ4n) is 7.83. The highest BCUT2D eigenvalue weighted by atomic mass is 16.3. The van der Waals surface area contributed by atoms with Crippen LogP contribution in [0.15, 0.2) is 197 Å². The molecule has 0 amide bonds. The number of furan rings is 2. The van der Waals surface area contributed by atoms with E-state index in [-0.39, 0.29) is 0 Å². The molecule has 0 atom stereocenters. The standard InChI is InChI=1S/C51H31N3O2/c1-3-13-32(14-4-1)34-17-11-19-37(29-34)49-52-50(38-20-12-18-35(30-38)33-15-5-2-6-16-33)54-51(53-49)42-27-26-39(48-47(42)41-22-8-10-24-45(41)56-48)36-25-28-46-43(31-36)40-21-7-9-23-44(40)55-46/h1-31H. The summed E-state index contributed by atoms with van der Waals surface area (Å²) in [5.41, 5.74) is 12.4. The molecule has 0 saturated heterocycles. The number of hydrogen-bond acceptors (Lipinski definition) is 5. The smallest absolute Gasteiger partial charge is 0.164 e. The molecule has 11 aromatic rings. The molecule has 3 heterocycles. The van der Waals surface area contributed by atoms with Gasteiger partial charge in [0.15, 0.2) is 17.5 Å². The molecule has 0 fully saturated rings. The molecule has 0 N–H and O–H groups in total. The molecule has 5 nitrogen and oxygen atoms in total. The molecule has 0 aliphatic rings. The SMILES string of the molecule is c1ccc(-c2cccc(-c3nc(-c4cccc(-c5ccccc5)c4)nc(-c4ccc(-c5ccc6oc7ccccc7c6c5)c5oc6ccccc6c45)n3)c2)cc1. The Kier molecular flexibility index (Phi) is 7.42. The van der Waals surface area contributed by atoms with Crippen molar-refractivity contribution in [3.8, 4) is 67.5 Å². The predicted octanol–water partition coefficient (Wildman–Crippen LogP) is 13.7. The van der Waals surface area contributed by atoms with Gasteiger partial charge in [0.05, 0.1) is 0 Å². The summed E-state index contributed by atoms with van der Waals surface area (Å²) in [5, 5.41) is 4.10. The van der Waals surface area contributed by atoms with E-state index in [0.717, 1.165) is 93.9 Å². The zero-order valence-electron chi connectivity index (χ0n) is 30.1. The van der Waals surface area contributed by atoms with Gasteiger partial charge in [0.2, 0.25) is 0 Å². The lowest BCUT2D eigenvalue weighted by Crippen LogP contribution is -2.01. The molecule has 0 aliphatic heterocycles. The Balaban J connectivity index is 1.14. The van der Waals surface area contributed by atoms with E-state index in [1.807, 2.05) is 54.6 Å². The fraction of sp³-hybridized carbons (Fsp3) is 0. The Morgan fingerprint density at radius 2 is 0.786 bits per heavy atom. The van der Waals surface area contributed by atoms with Crippen LogP contribution in [0, 0.1) is 0 Å². The molecular weight excluding hydrogens is 687 g/mol. The second-order valence-electron chi connectivity index (χ2n) is 14.0. The van der Waals surface area contributed by atoms with Crippen LogP contribution in [0.3, 0.4) is 0 Å². The van der Waals surface area contributed by atoms with Gasteiger partial charge >= 0.3 is 0 Å². The van der Waals surface area contributed by atoms with Crippen molar-refractivity contribution in [2.75, 3.05) is 0 Å². The van der Waals surface area contributed by atoms with Crippen LogP contribution >= 0.6 is 0 Å². The molecule has 3 aromatic heterocycles. The lowest BCUT2D eigenvalue weighted by Gasteiger charge is -2.12. The van der Waals surface area contributed by atoms with Gasteiger partial charge in [-0.2, -0.15) is 0 Å². The number of hydrogen-bond donors (Lipinski definition) is 0. The fourth-order valence-corrected chi connectivity index (χ4v) is 7.83. The van der Waals surface area contributed by atoms with Gasteiger partial charge in [0, 0.05) is 43.8 Å². The maximum absolute atomic E-state index is 6.75. The van der Waals surface area contributed by atoms with Crippen molar-refractivity contribution in [2.24, 2.45) is 0 Å². The van der Waals surface area contributed by atoms with E-state index >= 15 is 0 Å². The van der Waals surface area contributed by atoms with Gasteiger partial charge in [0.1, 0.15) is 22.3 Å². The number of aromatic nitrogens is 3. The van der Waals surface area contributed by atoms with Crippen molar-refractivity contribution < 1.29 is 8.83 Å². The topological polar surface area (TPSA) is 65.0 Å². The highest BCUT2D eigenvalue weighted by Crippen LogP contribution is 2.43. The van der Waals surface area contributed by atoms with Crippen molar-refractivity contribution in [3.63, 3.8) is 0 Å². The first kappa shape index (κ1) is 31.9. The predicted molar refractivity (Wildman–Crippen MR) is 227 cm³/mol. The number of rotatable bonds is 6. The lowest BCUT2D eigenvalue weighted by atomic mass is 9.97. The molecule has 0 unspecified atom stereocenters. The normalized spacial score (nSPS) is 11.6. The van der Waals surface area contributed by atoms with Gasteiger partial charge in [-0.1, -0.05) is 140 Å². The van der Waals surface area contributed by atoms with Crippen LogP contribution in [0.5, 0.6) is 0 Å². The maximum atomic E-state index is 6.75. The minimum absolute atomic E-state index is 0.569. The zero-order valence-corrected chi connectivity index (χ0v) is 30.1. The molecule has 0 saturated carbocycles. The molecule has 5 heteroatoms. The van der Waals surface area contributed by atoms with Gasteiger partial charge in [-0.05, 0) is 76.3 Å². The molecule has 11 rings (SSSR count). The first-order valence-electron chi connectivity index (χ1n) is 18.7. The van der Waals surface area contributed by atoms with Gasteiger partial charge < -0.3 is 8.83 Å². The average molecular weight is 718 g/mol.